The molecule has 1 rings (SSSR count). The standard InChI is InChI=1S/C5H7NO/c7-5-3-1-2-4-6-5/h1-2,4H2,(H,6,7). The minimum absolute atomic E-state index is 0.0359. The van der Waals surface area contributed by atoms with E-state index in [0.29, 0.717) is 0 Å². The van der Waals surface area contributed by atoms with Gasteiger partial charge in [0.1, 0.15) is 0 Å². The molecule has 1 aliphatic heterocycles. The van der Waals surface area contributed by atoms with Gasteiger partial charge in [-0.3, -0.25) is 4.79 Å². The Bertz CT molecular complexity index is 72.1. The molecule has 2 nitrogen and oxygen atoms in total. The maximum absolute atomic E-state index is 10.2. The summed E-state index contributed by atoms with van der Waals surface area (Å²) in [5.74, 6) is -0.0359. The Hall–Kier alpha value is -0.530. The third-order valence-corrected chi connectivity index (χ3v) is 0.925. The molecule has 1 aliphatic rings. The van der Waals surface area contributed by atoms with E-state index in [1.807, 2.05) is 0 Å². The predicted molar refractivity (Wildman–Crippen MR) is 25.5 cm³/mol. The lowest BCUT2D eigenvalue weighted by molar-refractivity contribution is -0.118. The van der Waals surface area contributed by atoms with E-state index in [4.69, 9.17) is 0 Å². The first-order chi connectivity index (χ1) is 3.39. The van der Waals surface area contributed by atoms with Crippen molar-refractivity contribution in [1.82, 2.24) is 5.32 Å². The van der Waals surface area contributed by atoms with Crippen molar-refractivity contribution in [2.75, 3.05) is 6.54 Å². The maximum Gasteiger partial charge on any atom is 0.228 e. The lowest BCUT2D eigenvalue weighted by atomic mass is 10.2. The fourth-order valence-electron chi connectivity index (χ4n) is 0.555. The van der Waals surface area contributed by atoms with E-state index >= 15 is 0 Å². The molecule has 0 aromatic rings. The van der Waals surface area contributed by atoms with Crippen molar-refractivity contribution in [2.45, 2.75) is 12.8 Å². The number of piperidine rings is 1. The van der Waals surface area contributed by atoms with Crippen LogP contribution in [0.4, 0.5) is 0 Å². The van der Waals surface area contributed by atoms with Crippen molar-refractivity contribution in [3.63, 3.8) is 0 Å². The van der Waals surface area contributed by atoms with Crippen molar-refractivity contribution < 1.29 is 4.79 Å². The van der Waals surface area contributed by atoms with Gasteiger partial charge in [-0.05, 0) is 12.8 Å². The van der Waals surface area contributed by atoms with Crippen LogP contribution in [0.3, 0.4) is 0 Å². The summed E-state index contributed by atoms with van der Waals surface area (Å²) in [5.41, 5.74) is 0. The summed E-state index contributed by atoms with van der Waals surface area (Å²) in [6.45, 7) is 0.825. The topological polar surface area (TPSA) is 29.1 Å². The molecule has 0 bridgehead atoms. The van der Waals surface area contributed by atoms with E-state index in [1.165, 1.54) is 0 Å². The number of amides is 1. The molecule has 2 heteroatoms. The first-order valence-electron chi connectivity index (χ1n) is 2.41. The van der Waals surface area contributed by atoms with Crippen molar-refractivity contribution in [1.29, 1.82) is 0 Å². The fraction of sp³-hybridized carbons (Fsp3) is 0.600. The second kappa shape index (κ2) is 1.96. The van der Waals surface area contributed by atoms with Crippen LogP contribution >= 0.6 is 0 Å². The zero-order valence-corrected chi connectivity index (χ0v) is 4.03. The van der Waals surface area contributed by atoms with Crippen molar-refractivity contribution in [3.05, 3.63) is 6.42 Å². The molecule has 0 atom stereocenters. The molecule has 1 saturated heterocycles. The minimum atomic E-state index is -0.0359. The van der Waals surface area contributed by atoms with E-state index < -0.39 is 0 Å². The molecular weight excluding hydrogens is 90.1 g/mol. The van der Waals surface area contributed by atoms with Crippen LogP contribution in [0.2, 0.25) is 0 Å². The van der Waals surface area contributed by atoms with Gasteiger partial charge in [-0.25, -0.2) is 0 Å². The highest BCUT2D eigenvalue weighted by Crippen LogP contribution is 1.97. The van der Waals surface area contributed by atoms with Gasteiger partial charge in [-0.1, -0.05) is 0 Å². The van der Waals surface area contributed by atoms with Crippen LogP contribution < -0.4 is 5.32 Å². The molecular formula is C5H7NO. The Labute approximate surface area is 42.9 Å². The largest absolute Gasteiger partial charge is 0.356 e. The summed E-state index contributed by atoms with van der Waals surface area (Å²) in [7, 11) is 0. The third-order valence-electron chi connectivity index (χ3n) is 0.925. The molecule has 1 fully saturated rings. The third kappa shape index (κ3) is 1.18. The Morgan fingerprint density at radius 2 is 2.57 bits per heavy atom. The highest BCUT2D eigenvalue weighted by Gasteiger charge is 2.05. The lowest BCUT2D eigenvalue weighted by Gasteiger charge is -2.07. The quantitative estimate of drug-likeness (QED) is 0.452. The van der Waals surface area contributed by atoms with Crippen molar-refractivity contribution in [2.24, 2.45) is 0 Å². The number of hydrogen-bond acceptors (Lipinski definition) is 1. The van der Waals surface area contributed by atoms with Gasteiger partial charge >= 0.3 is 0 Å². The highest BCUT2D eigenvalue weighted by molar-refractivity contribution is 5.85. The van der Waals surface area contributed by atoms with Crippen LogP contribution in [-0.2, 0) is 4.79 Å². The summed E-state index contributed by atoms with van der Waals surface area (Å²) < 4.78 is 0. The van der Waals surface area contributed by atoms with Gasteiger partial charge in [-0.15, -0.1) is 0 Å². The average molecular weight is 97.1 g/mol. The molecule has 38 valence electrons. The molecule has 0 aliphatic carbocycles. The Morgan fingerprint density at radius 3 is 2.86 bits per heavy atom. The first kappa shape index (κ1) is 4.62. The van der Waals surface area contributed by atoms with E-state index in [1.54, 1.807) is 0 Å². The second-order valence-corrected chi connectivity index (χ2v) is 1.54. The summed E-state index contributed by atoms with van der Waals surface area (Å²) in [5, 5.41) is 2.63. The Morgan fingerprint density at radius 1 is 1.71 bits per heavy atom. The highest BCUT2D eigenvalue weighted by atomic mass is 16.1. The molecule has 0 saturated carbocycles. The molecule has 1 heterocycles. The molecule has 2 radical (unpaired) electrons. The fourth-order valence-corrected chi connectivity index (χ4v) is 0.555. The van der Waals surface area contributed by atoms with E-state index in [9.17, 15) is 4.79 Å². The maximum atomic E-state index is 10.2. The van der Waals surface area contributed by atoms with Gasteiger partial charge in [0.05, 0.1) is 6.42 Å². The Balaban J connectivity index is 2.25. The van der Waals surface area contributed by atoms with E-state index in [-0.39, 0.29) is 5.91 Å². The SMILES string of the molecule is O=C1[C]CCCN1. The smallest absolute Gasteiger partial charge is 0.228 e. The first-order valence-corrected chi connectivity index (χ1v) is 2.41. The van der Waals surface area contributed by atoms with Crippen molar-refractivity contribution in [3.8, 4) is 0 Å². The predicted octanol–water partition coefficient (Wildman–Crippen LogP) is -0.0223. The zero-order valence-electron chi connectivity index (χ0n) is 4.03. The Kier molecular flexibility index (Phi) is 1.29. The summed E-state index contributed by atoms with van der Waals surface area (Å²) in [6, 6.07) is 0. The minimum Gasteiger partial charge on any atom is -0.356 e. The number of carbonyl (C=O) groups is 1. The van der Waals surface area contributed by atoms with Crippen molar-refractivity contribution >= 4 is 5.91 Å². The molecule has 1 amide bonds. The van der Waals surface area contributed by atoms with Gasteiger partial charge in [0.2, 0.25) is 5.91 Å². The van der Waals surface area contributed by atoms with Gasteiger partial charge in [0.25, 0.3) is 0 Å². The molecule has 0 spiro atoms. The monoisotopic (exact) mass is 97.1 g/mol. The average Bonchev–Trinajstić information content (AvgIpc) is 1.69. The van der Waals surface area contributed by atoms with Crippen LogP contribution in [0.1, 0.15) is 12.8 Å². The van der Waals surface area contributed by atoms with Crippen LogP contribution in [0.5, 0.6) is 0 Å². The van der Waals surface area contributed by atoms with Crippen LogP contribution in [0.15, 0.2) is 0 Å². The number of rotatable bonds is 0. The van der Waals surface area contributed by atoms with Gasteiger partial charge in [0.15, 0.2) is 0 Å². The lowest BCUT2D eigenvalue weighted by Crippen LogP contribution is -2.28. The van der Waals surface area contributed by atoms with Gasteiger partial charge in [-0.2, -0.15) is 0 Å². The molecule has 0 unspecified atom stereocenters. The van der Waals surface area contributed by atoms with Gasteiger partial charge < -0.3 is 5.32 Å². The number of nitrogens with one attached hydrogen (secondary N) is 1. The number of carbonyl (C=O) groups excluding carboxylic acids is 1. The molecule has 7 heavy (non-hydrogen) atoms. The van der Waals surface area contributed by atoms with Crippen LogP contribution in [0, 0.1) is 6.42 Å². The number of hydrogen-bond donors (Lipinski definition) is 1. The van der Waals surface area contributed by atoms with E-state index in [2.05, 4.69) is 11.7 Å². The molecule has 0 aromatic carbocycles. The summed E-state index contributed by atoms with van der Waals surface area (Å²) in [6.07, 6.45) is 4.50. The summed E-state index contributed by atoms with van der Waals surface area (Å²) in [4.78, 5) is 10.2. The zero-order chi connectivity index (χ0) is 5.11. The summed E-state index contributed by atoms with van der Waals surface area (Å²) >= 11 is 0. The van der Waals surface area contributed by atoms with Gasteiger partial charge in [0, 0.05) is 6.54 Å². The molecule has 1 N–H and O–H groups in total. The molecule has 0 aromatic heterocycles. The van der Waals surface area contributed by atoms with Crippen LogP contribution in [-0.4, -0.2) is 12.5 Å². The van der Waals surface area contributed by atoms with E-state index in [0.717, 1.165) is 19.4 Å². The second-order valence-electron chi connectivity index (χ2n) is 1.54. The normalized spacial score (nSPS) is 21.4. The van der Waals surface area contributed by atoms with Crippen LogP contribution in [0.25, 0.3) is 0 Å².